The van der Waals surface area contributed by atoms with E-state index < -0.39 is 0 Å². The number of nitrogens with one attached hydrogen (secondary N) is 1. The molecule has 1 saturated heterocycles. The highest BCUT2D eigenvalue weighted by atomic mass is 32.1. The average Bonchev–Trinajstić information content (AvgIpc) is 2.51. The van der Waals surface area contributed by atoms with E-state index >= 15 is 0 Å². The summed E-state index contributed by atoms with van der Waals surface area (Å²) in [4.78, 5) is 3.92. The summed E-state index contributed by atoms with van der Waals surface area (Å²) in [6, 6.07) is 2.85. The van der Waals surface area contributed by atoms with Crippen molar-refractivity contribution in [2.24, 2.45) is 0 Å². The lowest BCUT2D eigenvalue weighted by Crippen LogP contribution is -2.49. The van der Waals surface area contributed by atoms with Crippen molar-refractivity contribution in [1.29, 1.82) is 0 Å². The Morgan fingerprint density at radius 3 is 3.08 bits per heavy atom. The molecule has 2 heterocycles. The van der Waals surface area contributed by atoms with E-state index in [1.54, 1.807) is 0 Å². The Morgan fingerprint density at radius 2 is 2.46 bits per heavy atom. The molecule has 0 aliphatic carbocycles. The number of rotatable bonds is 1. The molecule has 0 spiro atoms. The molecule has 0 amide bonds. The van der Waals surface area contributed by atoms with Crippen molar-refractivity contribution in [3.63, 3.8) is 0 Å². The summed E-state index contributed by atoms with van der Waals surface area (Å²) in [5, 5.41) is 5.63. The lowest BCUT2D eigenvalue weighted by molar-refractivity contribution is 0.485. The van der Waals surface area contributed by atoms with Gasteiger partial charge in [0.2, 0.25) is 0 Å². The zero-order valence-electron chi connectivity index (χ0n) is 8.21. The summed E-state index contributed by atoms with van der Waals surface area (Å²) < 4.78 is 0. The molecule has 1 N–H and O–H groups in total. The third kappa shape index (κ3) is 1.86. The second-order valence-corrected chi connectivity index (χ2v) is 4.78. The Labute approximate surface area is 83.6 Å². The lowest BCUT2D eigenvalue weighted by atomic mass is 10.2. The molecule has 3 heteroatoms. The van der Waals surface area contributed by atoms with Crippen LogP contribution in [-0.2, 0) is 0 Å². The third-order valence-electron chi connectivity index (χ3n) is 2.54. The van der Waals surface area contributed by atoms with Crippen molar-refractivity contribution in [1.82, 2.24) is 5.32 Å². The molecule has 0 radical (unpaired) electrons. The number of thiophene rings is 1. The molecule has 13 heavy (non-hydrogen) atoms. The maximum atomic E-state index is 3.46. The van der Waals surface area contributed by atoms with Gasteiger partial charge in [0.15, 0.2) is 0 Å². The summed E-state index contributed by atoms with van der Waals surface area (Å²) in [5.74, 6) is 0. The smallest absolute Gasteiger partial charge is 0.0505 e. The van der Waals surface area contributed by atoms with E-state index in [1.165, 1.54) is 10.6 Å². The second kappa shape index (κ2) is 3.68. The van der Waals surface area contributed by atoms with Crippen LogP contribution in [-0.4, -0.2) is 25.7 Å². The predicted molar refractivity (Wildman–Crippen MR) is 58.7 cm³/mol. The van der Waals surface area contributed by atoms with Crippen molar-refractivity contribution in [3.05, 3.63) is 16.3 Å². The van der Waals surface area contributed by atoms with Crippen molar-refractivity contribution in [3.8, 4) is 0 Å². The minimum Gasteiger partial charge on any atom is -0.368 e. The first-order chi connectivity index (χ1) is 6.27. The highest BCUT2D eigenvalue weighted by Gasteiger charge is 2.17. The SMILES string of the molecule is Cc1sccc1N1CCN[C@H](C)C1. The lowest BCUT2D eigenvalue weighted by Gasteiger charge is -2.33. The van der Waals surface area contributed by atoms with Gasteiger partial charge in [0.1, 0.15) is 0 Å². The van der Waals surface area contributed by atoms with Gasteiger partial charge in [-0.25, -0.2) is 0 Å². The summed E-state index contributed by atoms with van der Waals surface area (Å²) >= 11 is 1.84. The van der Waals surface area contributed by atoms with Gasteiger partial charge in [0.05, 0.1) is 5.69 Å². The fraction of sp³-hybridized carbons (Fsp3) is 0.600. The van der Waals surface area contributed by atoms with E-state index in [0.717, 1.165) is 19.6 Å². The third-order valence-corrected chi connectivity index (χ3v) is 3.38. The molecular formula is C10H16N2S. The average molecular weight is 196 g/mol. The summed E-state index contributed by atoms with van der Waals surface area (Å²) in [6.07, 6.45) is 0. The largest absolute Gasteiger partial charge is 0.368 e. The number of aryl methyl sites for hydroxylation is 1. The zero-order chi connectivity index (χ0) is 9.26. The molecule has 1 aromatic rings. The van der Waals surface area contributed by atoms with Crippen LogP contribution in [0.5, 0.6) is 0 Å². The van der Waals surface area contributed by atoms with Crippen LogP contribution in [0, 0.1) is 6.92 Å². The summed E-state index contributed by atoms with van der Waals surface area (Å²) in [5.41, 5.74) is 1.43. The topological polar surface area (TPSA) is 15.3 Å². The summed E-state index contributed by atoms with van der Waals surface area (Å²) in [6.45, 7) is 7.83. The fourth-order valence-corrected chi connectivity index (χ4v) is 2.58. The molecule has 0 saturated carbocycles. The molecule has 2 rings (SSSR count). The zero-order valence-corrected chi connectivity index (χ0v) is 9.03. The molecule has 1 fully saturated rings. The van der Waals surface area contributed by atoms with Crippen molar-refractivity contribution < 1.29 is 0 Å². The van der Waals surface area contributed by atoms with Crippen LogP contribution in [0.4, 0.5) is 5.69 Å². The molecule has 1 aliphatic rings. The first-order valence-electron chi connectivity index (χ1n) is 4.80. The minimum absolute atomic E-state index is 0.619. The molecule has 1 atom stereocenters. The van der Waals surface area contributed by atoms with Gasteiger partial charge in [-0.05, 0) is 25.3 Å². The van der Waals surface area contributed by atoms with Crippen LogP contribution in [0.25, 0.3) is 0 Å². The molecule has 1 aliphatic heterocycles. The normalized spacial score (nSPS) is 23.5. The standard InChI is InChI=1S/C10H16N2S/c1-8-7-12(5-4-11-8)10-3-6-13-9(10)2/h3,6,8,11H,4-5,7H2,1-2H3/t8-/m1/s1. The molecule has 0 aromatic carbocycles. The Bertz CT molecular complexity index is 282. The van der Waals surface area contributed by atoms with Crippen LogP contribution < -0.4 is 10.2 Å². The van der Waals surface area contributed by atoms with E-state index in [4.69, 9.17) is 0 Å². The Morgan fingerprint density at radius 1 is 1.62 bits per heavy atom. The van der Waals surface area contributed by atoms with Gasteiger partial charge in [0, 0.05) is 30.6 Å². The molecule has 0 unspecified atom stereocenters. The van der Waals surface area contributed by atoms with Crippen molar-refractivity contribution in [2.45, 2.75) is 19.9 Å². The first kappa shape index (κ1) is 9.03. The molecular weight excluding hydrogens is 180 g/mol. The monoisotopic (exact) mass is 196 g/mol. The number of piperazine rings is 1. The number of hydrogen-bond donors (Lipinski definition) is 1. The molecule has 1 aromatic heterocycles. The minimum atomic E-state index is 0.619. The van der Waals surface area contributed by atoms with Crippen LogP contribution in [0.3, 0.4) is 0 Å². The van der Waals surface area contributed by atoms with Gasteiger partial charge in [-0.2, -0.15) is 0 Å². The molecule has 0 bridgehead atoms. The molecule has 72 valence electrons. The molecule has 2 nitrogen and oxygen atoms in total. The van der Waals surface area contributed by atoms with Crippen molar-refractivity contribution >= 4 is 17.0 Å². The maximum absolute atomic E-state index is 3.46. The first-order valence-corrected chi connectivity index (χ1v) is 5.68. The van der Waals surface area contributed by atoms with Gasteiger partial charge in [-0.3, -0.25) is 0 Å². The van der Waals surface area contributed by atoms with Gasteiger partial charge in [0.25, 0.3) is 0 Å². The van der Waals surface area contributed by atoms with E-state index in [1.807, 2.05) is 11.3 Å². The second-order valence-electron chi connectivity index (χ2n) is 3.66. The quantitative estimate of drug-likeness (QED) is 0.737. The fourth-order valence-electron chi connectivity index (χ4n) is 1.86. The van der Waals surface area contributed by atoms with Gasteiger partial charge < -0.3 is 10.2 Å². The Kier molecular flexibility index (Phi) is 2.56. The highest BCUT2D eigenvalue weighted by molar-refractivity contribution is 7.10. The van der Waals surface area contributed by atoms with Crippen LogP contribution >= 0.6 is 11.3 Å². The Balaban J connectivity index is 2.12. The van der Waals surface area contributed by atoms with Gasteiger partial charge in [-0.1, -0.05) is 0 Å². The van der Waals surface area contributed by atoms with Crippen LogP contribution in [0.1, 0.15) is 11.8 Å². The Hall–Kier alpha value is -0.540. The van der Waals surface area contributed by atoms with E-state index in [-0.39, 0.29) is 0 Å². The van der Waals surface area contributed by atoms with Gasteiger partial charge >= 0.3 is 0 Å². The summed E-state index contributed by atoms with van der Waals surface area (Å²) in [7, 11) is 0. The number of nitrogens with zero attached hydrogens (tertiary/aromatic N) is 1. The van der Waals surface area contributed by atoms with E-state index in [9.17, 15) is 0 Å². The van der Waals surface area contributed by atoms with Crippen LogP contribution in [0.15, 0.2) is 11.4 Å². The van der Waals surface area contributed by atoms with E-state index in [2.05, 4.69) is 35.5 Å². The maximum Gasteiger partial charge on any atom is 0.0505 e. The number of anilines is 1. The number of hydrogen-bond acceptors (Lipinski definition) is 3. The highest BCUT2D eigenvalue weighted by Crippen LogP contribution is 2.25. The predicted octanol–water partition coefficient (Wildman–Crippen LogP) is 1.85. The van der Waals surface area contributed by atoms with Crippen LogP contribution in [0.2, 0.25) is 0 Å². The van der Waals surface area contributed by atoms with Crippen molar-refractivity contribution in [2.75, 3.05) is 24.5 Å². The van der Waals surface area contributed by atoms with E-state index in [0.29, 0.717) is 6.04 Å². The van der Waals surface area contributed by atoms with Gasteiger partial charge in [-0.15, -0.1) is 11.3 Å².